The minimum absolute atomic E-state index is 0.384. The molecule has 1 N–H and O–H groups in total. The van der Waals surface area contributed by atoms with Crippen LogP contribution in [0.3, 0.4) is 0 Å². The summed E-state index contributed by atoms with van der Waals surface area (Å²) in [5.74, 6) is 4.45. The summed E-state index contributed by atoms with van der Waals surface area (Å²) in [5, 5.41) is 9.42. The molecule has 2 aliphatic rings. The molecule has 0 aliphatic heterocycles. The molecule has 1 nitrogen and oxygen atoms in total. The molecule has 1 aromatic rings. The zero-order valence-corrected chi connectivity index (χ0v) is 19.8. The summed E-state index contributed by atoms with van der Waals surface area (Å²) in [6, 6.07) is 7.82. The van der Waals surface area contributed by atoms with Gasteiger partial charge in [-0.25, -0.2) is 0 Å². The fourth-order valence-electron chi connectivity index (χ4n) is 6.16. The molecule has 0 aromatic heterocycles. The van der Waals surface area contributed by atoms with Crippen LogP contribution in [0.4, 0.5) is 0 Å². The minimum atomic E-state index is 0.384. The highest BCUT2D eigenvalue weighted by atomic mass is 16.3. The van der Waals surface area contributed by atoms with E-state index >= 15 is 0 Å². The second-order valence-electron chi connectivity index (χ2n) is 10.8. The van der Waals surface area contributed by atoms with Crippen LogP contribution in [0.2, 0.25) is 0 Å². The number of rotatable bonds is 12. The third kappa shape index (κ3) is 8.64. The molecule has 0 heterocycles. The molecule has 2 fully saturated rings. The van der Waals surface area contributed by atoms with Crippen LogP contribution in [0, 0.1) is 23.7 Å². The lowest BCUT2D eigenvalue weighted by atomic mass is 9.74. The first-order valence-electron chi connectivity index (χ1n) is 13.5. The number of aryl methyl sites for hydroxylation is 1. The number of phenols is 1. The third-order valence-electron chi connectivity index (χ3n) is 8.41. The van der Waals surface area contributed by atoms with E-state index < -0.39 is 0 Å². The predicted molar refractivity (Wildman–Crippen MR) is 130 cm³/mol. The van der Waals surface area contributed by atoms with Gasteiger partial charge in [0.2, 0.25) is 0 Å². The van der Waals surface area contributed by atoms with Crippen LogP contribution >= 0.6 is 0 Å². The second-order valence-corrected chi connectivity index (χ2v) is 10.8. The predicted octanol–water partition coefficient (Wildman–Crippen LogP) is 9.08. The van der Waals surface area contributed by atoms with Crippen molar-refractivity contribution in [3.63, 3.8) is 0 Å². The molecule has 0 amide bonds. The Balaban J connectivity index is 1.21. The molecule has 0 radical (unpaired) electrons. The number of phenolic OH excluding ortho intramolecular Hbond substituents is 1. The molecule has 2 aliphatic carbocycles. The summed E-state index contributed by atoms with van der Waals surface area (Å²) >= 11 is 0. The number of hydrogen-bond acceptors (Lipinski definition) is 1. The van der Waals surface area contributed by atoms with Crippen LogP contribution in [-0.4, -0.2) is 5.11 Å². The molecular weight excluding hydrogens is 364 g/mol. The van der Waals surface area contributed by atoms with E-state index in [2.05, 4.69) is 19.1 Å². The third-order valence-corrected chi connectivity index (χ3v) is 8.41. The van der Waals surface area contributed by atoms with Crippen LogP contribution in [0.5, 0.6) is 5.75 Å². The van der Waals surface area contributed by atoms with Crippen molar-refractivity contribution in [2.45, 2.75) is 122 Å². The summed E-state index contributed by atoms with van der Waals surface area (Å²) in [6.07, 6.45) is 26.3. The van der Waals surface area contributed by atoms with Crippen LogP contribution < -0.4 is 0 Å². The average molecular weight is 413 g/mol. The zero-order valence-electron chi connectivity index (χ0n) is 19.8. The Kier molecular flexibility index (Phi) is 10.6. The van der Waals surface area contributed by atoms with Crippen molar-refractivity contribution >= 4 is 0 Å². The van der Waals surface area contributed by atoms with Crippen molar-refractivity contribution in [3.05, 3.63) is 29.8 Å². The highest BCUT2D eigenvalue weighted by Gasteiger charge is 2.24. The van der Waals surface area contributed by atoms with Crippen molar-refractivity contribution in [1.29, 1.82) is 0 Å². The van der Waals surface area contributed by atoms with Crippen LogP contribution in [0.25, 0.3) is 0 Å². The van der Waals surface area contributed by atoms with Gasteiger partial charge in [-0.05, 0) is 54.2 Å². The van der Waals surface area contributed by atoms with Crippen molar-refractivity contribution in [2.24, 2.45) is 23.7 Å². The Bertz CT molecular complexity index is 546. The topological polar surface area (TPSA) is 20.2 Å². The van der Waals surface area contributed by atoms with Crippen molar-refractivity contribution < 1.29 is 5.11 Å². The molecule has 1 aromatic carbocycles. The number of benzene rings is 1. The van der Waals surface area contributed by atoms with Gasteiger partial charge in [0.15, 0.2) is 0 Å². The van der Waals surface area contributed by atoms with E-state index in [0.717, 1.165) is 23.7 Å². The Morgan fingerprint density at radius 3 is 1.60 bits per heavy atom. The first-order valence-corrected chi connectivity index (χ1v) is 13.5. The molecule has 30 heavy (non-hydrogen) atoms. The van der Waals surface area contributed by atoms with E-state index in [1.54, 1.807) is 0 Å². The summed E-state index contributed by atoms with van der Waals surface area (Å²) < 4.78 is 0. The first kappa shape index (κ1) is 23.7. The summed E-state index contributed by atoms with van der Waals surface area (Å²) in [7, 11) is 0. The molecule has 0 spiro atoms. The van der Waals surface area contributed by atoms with Crippen molar-refractivity contribution in [1.82, 2.24) is 0 Å². The Morgan fingerprint density at radius 1 is 0.600 bits per heavy atom. The van der Waals surface area contributed by atoms with Gasteiger partial charge >= 0.3 is 0 Å². The molecule has 0 bridgehead atoms. The SMILES string of the molecule is CCCCCCCC1CCC(CCC2CCC(CCc3ccc(O)cc3)CC2)CC1. The van der Waals surface area contributed by atoms with Gasteiger partial charge in [0.25, 0.3) is 0 Å². The molecule has 0 atom stereocenters. The quantitative estimate of drug-likeness (QED) is 0.339. The lowest BCUT2D eigenvalue weighted by Crippen LogP contribution is -2.18. The molecule has 2 saturated carbocycles. The fraction of sp³-hybridized carbons (Fsp3) is 0.793. The van der Waals surface area contributed by atoms with Gasteiger partial charge in [-0.2, -0.15) is 0 Å². The Morgan fingerprint density at radius 2 is 1.07 bits per heavy atom. The number of hydrogen-bond donors (Lipinski definition) is 1. The Hall–Kier alpha value is -0.980. The summed E-state index contributed by atoms with van der Waals surface area (Å²) in [5.41, 5.74) is 1.38. The van der Waals surface area contributed by atoms with E-state index in [0.29, 0.717) is 5.75 Å². The van der Waals surface area contributed by atoms with Crippen LogP contribution in [-0.2, 0) is 6.42 Å². The monoisotopic (exact) mass is 412 g/mol. The smallest absolute Gasteiger partial charge is 0.115 e. The van der Waals surface area contributed by atoms with E-state index in [9.17, 15) is 5.11 Å². The second kappa shape index (κ2) is 13.4. The molecule has 0 saturated heterocycles. The van der Waals surface area contributed by atoms with Gasteiger partial charge < -0.3 is 5.11 Å². The minimum Gasteiger partial charge on any atom is -0.508 e. The van der Waals surface area contributed by atoms with E-state index in [4.69, 9.17) is 0 Å². The van der Waals surface area contributed by atoms with Gasteiger partial charge in [-0.3, -0.25) is 0 Å². The normalized spacial score (nSPS) is 27.2. The van der Waals surface area contributed by atoms with Crippen molar-refractivity contribution in [3.8, 4) is 5.75 Å². The van der Waals surface area contributed by atoms with E-state index in [1.807, 2.05) is 12.1 Å². The molecular formula is C29H48O. The summed E-state index contributed by atoms with van der Waals surface area (Å²) in [6.45, 7) is 2.31. The lowest BCUT2D eigenvalue weighted by molar-refractivity contribution is 0.208. The average Bonchev–Trinajstić information content (AvgIpc) is 2.79. The zero-order chi connectivity index (χ0) is 21.0. The van der Waals surface area contributed by atoms with E-state index in [1.165, 1.54) is 121 Å². The van der Waals surface area contributed by atoms with Crippen molar-refractivity contribution in [2.75, 3.05) is 0 Å². The molecule has 1 heteroatoms. The first-order chi connectivity index (χ1) is 14.7. The maximum atomic E-state index is 9.42. The standard InChI is InChI=1S/C29H48O/c1-2-3-4-5-6-7-24-8-10-25(11-9-24)12-13-26-14-16-27(17-15-26)18-19-28-20-22-29(30)23-21-28/h20-27,30H,2-19H2,1H3. The van der Waals surface area contributed by atoms with Crippen LogP contribution in [0.15, 0.2) is 24.3 Å². The highest BCUT2D eigenvalue weighted by Crippen LogP contribution is 2.38. The molecule has 3 rings (SSSR count). The van der Waals surface area contributed by atoms with E-state index in [-0.39, 0.29) is 0 Å². The lowest BCUT2D eigenvalue weighted by Gasteiger charge is -2.32. The highest BCUT2D eigenvalue weighted by molar-refractivity contribution is 5.25. The molecule has 0 unspecified atom stereocenters. The molecule has 170 valence electrons. The number of unbranched alkanes of at least 4 members (excludes halogenated alkanes) is 4. The van der Waals surface area contributed by atoms with Crippen LogP contribution in [0.1, 0.15) is 122 Å². The Labute approximate surface area is 187 Å². The van der Waals surface area contributed by atoms with Gasteiger partial charge in [0, 0.05) is 0 Å². The fourth-order valence-corrected chi connectivity index (χ4v) is 6.16. The van der Waals surface area contributed by atoms with Gasteiger partial charge in [0.05, 0.1) is 0 Å². The summed E-state index contributed by atoms with van der Waals surface area (Å²) in [4.78, 5) is 0. The maximum Gasteiger partial charge on any atom is 0.115 e. The van der Waals surface area contributed by atoms with Gasteiger partial charge in [0.1, 0.15) is 5.75 Å². The maximum absolute atomic E-state index is 9.42. The number of aromatic hydroxyl groups is 1. The van der Waals surface area contributed by atoms with Gasteiger partial charge in [-0.15, -0.1) is 0 Å². The largest absolute Gasteiger partial charge is 0.508 e. The van der Waals surface area contributed by atoms with Gasteiger partial charge in [-0.1, -0.05) is 122 Å².